The lowest BCUT2D eigenvalue weighted by atomic mass is 10.0. The van der Waals surface area contributed by atoms with Gasteiger partial charge >= 0.3 is 0 Å². The maximum absolute atomic E-state index is 12.3. The van der Waals surface area contributed by atoms with Gasteiger partial charge in [0.1, 0.15) is 6.04 Å². The lowest BCUT2D eigenvalue weighted by Crippen LogP contribution is -2.52. The highest BCUT2D eigenvalue weighted by atomic mass is 35.5. The zero-order valence-electron chi connectivity index (χ0n) is 11.1. The third-order valence-electron chi connectivity index (χ3n) is 3.29. The van der Waals surface area contributed by atoms with E-state index in [2.05, 4.69) is 11.9 Å². The average Bonchev–Trinajstić information content (AvgIpc) is 2.45. The molecule has 2 amide bonds. The van der Waals surface area contributed by atoms with Crippen molar-refractivity contribution < 1.29 is 9.59 Å². The molecule has 0 radical (unpaired) electrons. The largest absolute Gasteiger partial charge is 0.352 e. The molecule has 1 N–H and O–H groups in total. The molecule has 1 saturated heterocycles. The summed E-state index contributed by atoms with van der Waals surface area (Å²) in [7, 11) is 0. The van der Waals surface area contributed by atoms with Crippen molar-refractivity contribution in [2.75, 3.05) is 13.1 Å². The molecule has 4 nitrogen and oxygen atoms in total. The molecule has 0 bridgehead atoms. The number of hydrogen-bond acceptors (Lipinski definition) is 2. The van der Waals surface area contributed by atoms with Gasteiger partial charge < -0.3 is 10.2 Å². The van der Waals surface area contributed by atoms with Crippen LogP contribution in [-0.2, 0) is 9.59 Å². The number of rotatable bonds is 4. The maximum Gasteiger partial charge on any atom is 0.247 e. The van der Waals surface area contributed by atoms with Crippen molar-refractivity contribution in [2.24, 2.45) is 0 Å². The van der Waals surface area contributed by atoms with Crippen LogP contribution < -0.4 is 5.32 Å². The Morgan fingerprint density at radius 3 is 2.95 bits per heavy atom. The predicted octanol–water partition coefficient (Wildman–Crippen LogP) is 2.31. The quantitative estimate of drug-likeness (QED) is 0.866. The van der Waals surface area contributed by atoms with Crippen LogP contribution in [0.2, 0.25) is 5.02 Å². The van der Waals surface area contributed by atoms with E-state index in [1.54, 1.807) is 29.2 Å². The van der Waals surface area contributed by atoms with Crippen LogP contribution in [0.3, 0.4) is 0 Å². The first-order chi connectivity index (χ1) is 9.65. The number of amides is 2. The Labute approximate surface area is 123 Å². The van der Waals surface area contributed by atoms with Crippen LogP contribution in [0.1, 0.15) is 24.4 Å². The molecule has 0 spiro atoms. The third kappa shape index (κ3) is 3.02. The minimum atomic E-state index is -0.644. The Balaban J connectivity index is 2.29. The molecular formula is C15H17ClN2O2. The van der Waals surface area contributed by atoms with Crippen molar-refractivity contribution in [3.05, 3.63) is 47.5 Å². The van der Waals surface area contributed by atoms with Crippen LogP contribution in [0.5, 0.6) is 0 Å². The van der Waals surface area contributed by atoms with E-state index in [0.717, 1.165) is 0 Å². The first-order valence-electron chi connectivity index (χ1n) is 6.57. The summed E-state index contributed by atoms with van der Waals surface area (Å²) in [5, 5.41) is 3.28. The van der Waals surface area contributed by atoms with Crippen LogP contribution in [0.25, 0.3) is 0 Å². The van der Waals surface area contributed by atoms with E-state index in [0.29, 0.717) is 36.5 Å². The van der Waals surface area contributed by atoms with E-state index in [4.69, 9.17) is 11.6 Å². The summed E-state index contributed by atoms with van der Waals surface area (Å²) in [5.74, 6) is -0.235. The summed E-state index contributed by atoms with van der Waals surface area (Å²) >= 11 is 6.16. The fraction of sp³-hybridized carbons (Fsp3) is 0.333. The number of piperazine rings is 1. The molecule has 1 aromatic carbocycles. The molecular weight excluding hydrogens is 276 g/mol. The molecule has 5 heteroatoms. The van der Waals surface area contributed by atoms with Gasteiger partial charge in [-0.15, -0.1) is 6.58 Å². The first kappa shape index (κ1) is 14.6. The fourth-order valence-corrected chi connectivity index (χ4v) is 2.55. The number of carbonyl (C=O) groups excluding carboxylic acids is 2. The third-order valence-corrected chi connectivity index (χ3v) is 3.64. The summed E-state index contributed by atoms with van der Waals surface area (Å²) in [6.45, 7) is 4.58. The van der Waals surface area contributed by atoms with Crippen molar-refractivity contribution in [1.29, 1.82) is 0 Å². The van der Waals surface area contributed by atoms with Gasteiger partial charge in [0.15, 0.2) is 0 Å². The van der Waals surface area contributed by atoms with Gasteiger partial charge in [-0.05, 0) is 12.5 Å². The molecule has 2 rings (SSSR count). The number of hydrogen-bond donors (Lipinski definition) is 1. The molecule has 106 valence electrons. The van der Waals surface area contributed by atoms with Crippen molar-refractivity contribution in [3.63, 3.8) is 0 Å². The molecule has 1 fully saturated rings. The molecule has 1 unspecified atom stereocenters. The van der Waals surface area contributed by atoms with Gasteiger partial charge in [0, 0.05) is 30.1 Å². The molecule has 0 aliphatic carbocycles. The molecule has 20 heavy (non-hydrogen) atoms. The van der Waals surface area contributed by atoms with Gasteiger partial charge in [-0.2, -0.15) is 0 Å². The molecule has 0 aromatic heterocycles. The van der Waals surface area contributed by atoms with Crippen LogP contribution in [0.4, 0.5) is 0 Å². The minimum absolute atomic E-state index is 0.0512. The number of nitrogens with one attached hydrogen (secondary N) is 1. The number of halogens is 1. The second kappa shape index (κ2) is 6.57. The van der Waals surface area contributed by atoms with Crippen molar-refractivity contribution in [2.45, 2.75) is 18.9 Å². The summed E-state index contributed by atoms with van der Waals surface area (Å²) in [6, 6.07) is 6.48. The highest BCUT2D eigenvalue weighted by Gasteiger charge is 2.34. The standard InChI is InChI=1S/C15H17ClN2O2/c1-2-3-8-13(19)18-10-9-17-15(20)14(18)11-6-4-5-7-12(11)16/h2,4-7,14H,1,3,8-10H2,(H,17,20). The lowest BCUT2D eigenvalue weighted by molar-refractivity contribution is -0.143. The highest BCUT2D eigenvalue weighted by Crippen LogP contribution is 2.29. The number of benzene rings is 1. The summed E-state index contributed by atoms with van der Waals surface area (Å²) in [5.41, 5.74) is 0.665. The van der Waals surface area contributed by atoms with Crippen molar-refractivity contribution in [1.82, 2.24) is 10.2 Å². The molecule has 1 atom stereocenters. The normalized spacial score (nSPS) is 18.6. The smallest absolute Gasteiger partial charge is 0.247 e. The van der Waals surface area contributed by atoms with E-state index in [1.807, 2.05) is 6.07 Å². The molecule has 1 aliphatic heterocycles. The maximum atomic E-state index is 12.3. The van der Waals surface area contributed by atoms with Gasteiger partial charge in [-0.25, -0.2) is 0 Å². The topological polar surface area (TPSA) is 49.4 Å². The Hall–Kier alpha value is -1.81. The second-order valence-corrected chi connectivity index (χ2v) is 5.04. The van der Waals surface area contributed by atoms with E-state index in [9.17, 15) is 9.59 Å². The van der Waals surface area contributed by atoms with Crippen LogP contribution in [0, 0.1) is 0 Å². The van der Waals surface area contributed by atoms with Crippen LogP contribution >= 0.6 is 11.6 Å². The summed E-state index contributed by atoms with van der Waals surface area (Å²) in [4.78, 5) is 26.0. The predicted molar refractivity (Wildman–Crippen MR) is 78.3 cm³/mol. The molecule has 1 aliphatic rings. The van der Waals surface area contributed by atoms with E-state index in [-0.39, 0.29) is 11.8 Å². The van der Waals surface area contributed by atoms with Gasteiger partial charge in [0.25, 0.3) is 0 Å². The van der Waals surface area contributed by atoms with E-state index < -0.39 is 6.04 Å². The fourth-order valence-electron chi connectivity index (χ4n) is 2.31. The monoisotopic (exact) mass is 292 g/mol. The van der Waals surface area contributed by atoms with Crippen LogP contribution in [-0.4, -0.2) is 29.8 Å². The van der Waals surface area contributed by atoms with Gasteiger partial charge in [-0.1, -0.05) is 35.9 Å². The molecule has 1 heterocycles. The van der Waals surface area contributed by atoms with E-state index >= 15 is 0 Å². The Bertz CT molecular complexity index is 530. The number of carbonyl (C=O) groups is 2. The van der Waals surface area contributed by atoms with Crippen molar-refractivity contribution >= 4 is 23.4 Å². The van der Waals surface area contributed by atoms with Crippen molar-refractivity contribution in [3.8, 4) is 0 Å². The first-order valence-corrected chi connectivity index (χ1v) is 6.95. The second-order valence-electron chi connectivity index (χ2n) is 4.63. The highest BCUT2D eigenvalue weighted by molar-refractivity contribution is 6.31. The number of allylic oxidation sites excluding steroid dienone is 1. The molecule has 0 saturated carbocycles. The van der Waals surface area contributed by atoms with E-state index in [1.165, 1.54) is 0 Å². The zero-order valence-corrected chi connectivity index (χ0v) is 11.9. The lowest BCUT2D eigenvalue weighted by Gasteiger charge is -2.35. The Morgan fingerprint density at radius 2 is 2.25 bits per heavy atom. The average molecular weight is 293 g/mol. The minimum Gasteiger partial charge on any atom is -0.352 e. The van der Waals surface area contributed by atoms with Crippen LogP contribution in [0.15, 0.2) is 36.9 Å². The van der Waals surface area contributed by atoms with Gasteiger partial charge in [0.05, 0.1) is 0 Å². The number of nitrogens with zero attached hydrogens (tertiary/aromatic N) is 1. The summed E-state index contributed by atoms with van der Waals surface area (Å²) in [6.07, 6.45) is 2.66. The molecule has 1 aromatic rings. The SMILES string of the molecule is C=CCCC(=O)N1CCNC(=O)C1c1ccccc1Cl. The van der Waals surface area contributed by atoms with Gasteiger partial charge in [-0.3, -0.25) is 9.59 Å². The van der Waals surface area contributed by atoms with Gasteiger partial charge in [0.2, 0.25) is 11.8 Å². The zero-order chi connectivity index (χ0) is 14.5. The Kier molecular flexibility index (Phi) is 4.79. The Morgan fingerprint density at radius 1 is 1.50 bits per heavy atom. The summed E-state index contributed by atoms with van der Waals surface area (Å²) < 4.78 is 0.